The van der Waals surface area contributed by atoms with Gasteiger partial charge >= 0.3 is 0 Å². The van der Waals surface area contributed by atoms with Crippen LogP contribution in [0.25, 0.3) is 5.69 Å². The second-order valence-electron chi connectivity index (χ2n) is 3.08. The molecule has 2 aromatic rings. The van der Waals surface area contributed by atoms with Gasteiger partial charge in [0.05, 0.1) is 4.92 Å². The number of nitrogens with zero attached hydrogens (tertiary/aromatic N) is 3. The number of aromatic nitrogens is 2. The number of rotatable bonds is 2. The summed E-state index contributed by atoms with van der Waals surface area (Å²) in [6.07, 6.45) is 1.55. The zero-order chi connectivity index (χ0) is 11.7. The highest BCUT2D eigenvalue weighted by atomic mass is 35.5. The first-order valence-electron chi connectivity index (χ1n) is 4.33. The molecule has 1 aromatic heterocycles. The molecule has 0 saturated carbocycles. The summed E-state index contributed by atoms with van der Waals surface area (Å²) >= 11 is 5.69. The summed E-state index contributed by atoms with van der Waals surface area (Å²) < 4.78 is 1.34. The Balaban J connectivity index is 2.60. The number of benzene rings is 1. The minimum Gasteiger partial charge on any atom is -0.382 e. The van der Waals surface area contributed by atoms with Gasteiger partial charge in [-0.2, -0.15) is 5.10 Å². The molecule has 6 nitrogen and oxygen atoms in total. The van der Waals surface area contributed by atoms with E-state index in [1.165, 1.54) is 16.8 Å². The van der Waals surface area contributed by atoms with Gasteiger partial charge in [-0.25, -0.2) is 4.68 Å². The van der Waals surface area contributed by atoms with Gasteiger partial charge in [0, 0.05) is 23.4 Å². The van der Waals surface area contributed by atoms with E-state index in [4.69, 9.17) is 17.3 Å². The highest BCUT2D eigenvalue weighted by Crippen LogP contribution is 2.26. The number of hydrogen-bond acceptors (Lipinski definition) is 4. The fourth-order valence-electron chi connectivity index (χ4n) is 1.31. The predicted octanol–water partition coefficient (Wildman–Crippen LogP) is 2.02. The van der Waals surface area contributed by atoms with Crippen molar-refractivity contribution >= 4 is 23.1 Å². The van der Waals surface area contributed by atoms with Crippen LogP contribution >= 0.6 is 11.6 Å². The van der Waals surface area contributed by atoms with Crippen LogP contribution in [-0.4, -0.2) is 14.7 Å². The summed E-state index contributed by atoms with van der Waals surface area (Å²) in [7, 11) is 0. The maximum atomic E-state index is 10.8. The summed E-state index contributed by atoms with van der Waals surface area (Å²) in [4.78, 5) is 10.3. The molecule has 0 atom stereocenters. The minimum atomic E-state index is -0.515. The number of nitro groups is 1. The Morgan fingerprint density at radius 2 is 2.19 bits per heavy atom. The van der Waals surface area contributed by atoms with Crippen LogP contribution in [0.5, 0.6) is 0 Å². The standard InChI is InChI=1S/C9H7ClN4O2/c10-6-1-2-7(8(5-6)14(15)16)13-4-3-9(11)12-13/h1-5H,(H2,11,12). The molecule has 0 radical (unpaired) electrons. The molecule has 0 fully saturated rings. The van der Waals surface area contributed by atoms with Crippen LogP contribution in [0.1, 0.15) is 0 Å². The van der Waals surface area contributed by atoms with E-state index in [1.54, 1.807) is 18.3 Å². The highest BCUT2D eigenvalue weighted by molar-refractivity contribution is 6.30. The summed E-state index contributed by atoms with van der Waals surface area (Å²) in [5.41, 5.74) is 5.65. The zero-order valence-electron chi connectivity index (χ0n) is 8.00. The molecule has 82 valence electrons. The Bertz CT molecular complexity index is 552. The molecule has 0 saturated heterocycles. The Hall–Kier alpha value is -2.08. The van der Waals surface area contributed by atoms with E-state index in [2.05, 4.69) is 5.10 Å². The molecule has 2 rings (SSSR count). The number of nitro benzene ring substituents is 1. The minimum absolute atomic E-state index is 0.115. The maximum Gasteiger partial charge on any atom is 0.296 e. The van der Waals surface area contributed by atoms with E-state index in [0.717, 1.165) is 0 Å². The largest absolute Gasteiger partial charge is 0.382 e. The summed E-state index contributed by atoms with van der Waals surface area (Å²) in [5, 5.41) is 15.0. The third kappa shape index (κ3) is 1.82. The Kier molecular flexibility index (Phi) is 2.49. The SMILES string of the molecule is Nc1ccn(-c2ccc(Cl)cc2[N+](=O)[O-])n1. The molecule has 1 heterocycles. The van der Waals surface area contributed by atoms with Crippen molar-refractivity contribution in [1.82, 2.24) is 9.78 Å². The van der Waals surface area contributed by atoms with Crippen LogP contribution in [0.4, 0.5) is 11.5 Å². The third-order valence-electron chi connectivity index (χ3n) is 1.99. The smallest absolute Gasteiger partial charge is 0.296 e. The molecule has 0 bridgehead atoms. The number of halogens is 1. The first-order chi connectivity index (χ1) is 7.58. The molecule has 0 aliphatic carbocycles. The number of nitrogens with two attached hydrogens (primary N) is 1. The topological polar surface area (TPSA) is 87.0 Å². The van der Waals surface area contributed by atoms with Crippen LogP contribution in [0, 0.1) is 10.1 Å². The van der Waals surface area contributed by atoms with Gasteiger partial charge in [-0.3, -0.25) is 10.1 Å². The molecular weight excluding hydrogens is 232 g/mol. The maximum absolute atomic E-state index is 10.8. The molecule has 2 N–H and O–H groups in total. The van der Waals surface area contributed by atoms with Gasteiger partial charge < -0.3 is 5.73 Å². The van der Waals surface area contributed by atoms with Gasteiger partial charge in [0.2, 0.25) is 0 Å². The van der Waals surface area contributed by atoms with Gasteiger partial charge in [0.1, 0.15) is 11.5 Å². The van der Waals surface area contributed by atoms with Crippen molar-refractivity contribution in [2.45, 2.75) is 0 Å². The van der Waals surface area contributed by atoms with Gasteiger partial charge in [0.15, 0.2) is 0 Å². The lowest BCUT2D eigenvalue weighted by Gasteiger charge is -2.02. The summed E-state index contributed by atoms with van der Waals surface area (Å²) in [6.45, 7) is 0. The number of hydrogen-bond donors (Lipinski definition) is 1. The van der Waals surface area contributed by atoms with Crippen LogP contribution in [-0.2, 0) is 0 Å². The van der Waals surface area contributed by atoms with Crippen molar-refractivity contribution in [1.29, 1.82) is 0 Å². The van der Waals surface area contributed by atoms with Crippen molar-refractivity contribution in [3.05, 3.63) is 45.6 Å². The van der Waals surface area contributed by atoms with Gasteiger partial charge in [-0.15, -0.1) is 0 Å². The van der Waals surface area contributed by atoms with Crippen molar-refractivity contribution in [3.8, 4) is 5.69 Å². The third-order valence-corrected chi connectivity index (χ3v) is 2.23. The van der Waals surface area contributed by atoms with E-state index >= 15 is 0 Å². The second-order valence-corrected chi connectivity index (χ2v) is 3.51. The van der Waals surface area contributed by atoms with E-state index in [0.29, 0.717) is 16.5 Å². The predicted molar refractivity (Wildman–Crippen MR) is 59.6 cm³/mol. The summed E-state index contributed by atoms with van der Waals surface area (Å²) in [6, 6.07) is 5.90. The fourth-order valence-corrected chi connectivity index (χ4v) is 1.48. The van der Waals surface area contributed by atoms with E-state index in [-0.39, 0.29) is 5.69 Å². The normalized spacial score (nSPS) is 10.3. The fraction of sp³-hybridized carbons (Fsp3) is 0. The molecule has 1 aromatic carbocycles. The van der Waals surface area contributed by atoms with Crippen LogP contribution in [0.15, 0.2) is 30.5 Å². The van der Waals surface area contributed by atoms with E-state index < -0.39 is 4.92 Å². The molecule has 0 aliphatic heterocycles. The van der Waals surface area contributed by atoms with Gasteiger partial charge in [-0.1, -0.05) is 11.6 Å². The summed E-state index contributed by atoms with van der Waals surface area (Å²) in [5.74, 6) is 0.296. The van der Waals surface area contributed by atoms with E-state index in [9.17, 15) is 10.1 Å². The molecule has 0 amide bonds. The van der Waals surface area contributed by atoms with Crippen LogP contribution in [0.2, 0.25) is 5.02 Å². The van der Waals surface area contributed by atoms with Crippen molar-refractivity contribution in [2.75, 3.05) is 5.73 Å². The van der Waals surface area contributed by atoms with Gasteiger partial charge in [0.25, 0.3) is 5.69 Å². The first-order valence-corrected chi connectivity index (χ1v) is 4.71. The number of nitrogen functional groups attached to an aromatic ring is 1. The Labute approximate surface area is 95.4 Å². The lowest BCUT2D eigenvalue weighted by Crippen LogP contribution is -2.01. The lowest BCUT2D eigenvalue weighted by atomic mass is 10.3. The van der Waals surface area contributed by atoms with Crippen molar-refractivity contribution in [2.24, 2.45) is 0 Å². The molecule has 0 aliphatic rings. The molecular formula is C9H7ClN4O2. The molecule has 16 heavy (non-hydrogen) atoms. The van der Waals surface area contributed by atoms with Crippen LogP contribution in [0.3, 0.4) is 0 Å². The Morgan fingerprint density at radius 1 is 1.44 bits per heavy atom. The average Bonchev–Trinajstić information content (AvgIpc) is 2.64. The number of anilines is 1. The quantitative estimate of drug-likeness (QED) is 0.640. The Morgan fingerprint density at radius 3 is 2.75 bits per heavy atom. The second kappa shape index (κ2) is 3.82. The molecule has 7 heteroatoms. The highest BCUT2D eigenvalue weighted by Gasteiger charge is 2.16. The monoisotopic (exact) mass is 238 g/mol. The van der Waals surface area contributed by atoms with Crippen molar-refractivity contribution in [3.63, 3.8) is 0 Å². The van der Waals surface area contributed by atoms with Crippen LogP contribution < -0.4 is 5.73 Å². The molecule has 0 spiro atoms. The lowest BCUT2D eigenvalue weighted by molar-refractivity contribution is -0.384. The average molecular weight is 239 g/mol. The van der Waals surface area contributed by atoms with E-state index in [1.807, 2.05) is 0 Å². The first kappa shape index (κ1) is 10.4. The van der Waals surface area contributed by atoms with Crippen molar-refractivity contribution < 1.29 is 4.92 Å². The molecule has 0 unspecified atom stereocenters. The van der Waals surface area contributed by atoms with Gasteiger partial charge in [-0.05, 0) is 12.1 Å². The zero-order valence-corrected chi connectivity index (χ0v) is 8.76.